The van der Waals surface area contributed by atoms with Crippen molar-refractivity contribution in [3.05, 3.63) is 35.9 Å². The van der Waals surface area contributed by atoms with Gasteiger partial charge in [0.15, 0.2) is 0 Å². The molecule has 2 saturated heterocycles. The second-order valence-corrected chi connectivity index (χ2v) is 8.80. The second-order valence-electron chi connectivity index (χ2n) is 6.82. The molecule has 1 aromatic rings. The average Bonchev–Trinajstić information content (AvgIpc) is 2.47. The number of benzene rings is 1. The van der Waals surface area contributed by atoms with Gasteiger partial charge in [-0.05, 0) is 18.4 Å². The van der Waals surface area contributed by atoms with Crippen molar-refractivity contribution in [2.45, 2.75) is 25.4 Å². The number of rotatable bonds is 5. The Morgan fingerprint density at radius 1 is 1.17 bits per heavy atom. The molecule has 0 aliphatic carbocycles. The van der Waals surface area contributed by atoms with Crippen LogP contribution in [0, 0.1) is 5.92 Å². The zero-order chi connectivity index (χ0) is 17.2. The van der Waals surface area contributed by atoms with Crippen LogP contribution in [0.3, 0.4) is 0 Å². The zero-order valence-corrected chi connectivity index (χ0v) is 14.8. The van der Waals surface area contributed by atoms with Crippen LogP contribution in [0.5, 0.6) is 0 Å². The fraction of sp³-hybridized carbons (Fsp3) is 0.588. The number of likely N-dealkylation sites (tertiary alicyclic amines) is 1. The van der Waals surface area contributed by atoms with Crippen molar-refractivity contribution in [3.63, 3.8) is 0 Å². The van der Waals surface area contributed by atoms with E-state index >= 15 is 0 Å². The molecule has 1 aromatic carbocycles. The lowest BCUT2D eigenvalue weighted by molar-refractivity contribution is -0.129. The van der Waals surface area contributed by atoms with Gasteiger partial charge in [-0.2, -0.15) is 0 Å². The van der Waals surface area contributed by atoms with E-state index in [2.05, 4.69) is 34.5 Å². The van der Waals surface area contributed by atoms with Crippen molar-refractivity contribution in [2.24, 2.45) is 5.92 Å². The molecule has 2 heterocycles. The minimum atomic E-state index is -3.16. The van der Waals surface area contributed by atoms with Gasteiger partial charge in [0, 0.05) is 38.8 Å². The lowest BCUT2D eigenvalue weighted by atomic mass is 9.99. The number of hydrogen-bond acceptors (Lipinski definition) is 4. The summed E-state index contributed by atoms with van der Waals surface area (Å²) >= 11 is 0. The van der Waals surface area contributed by atoms with E-state index in [1.807, 2.05) is 6.07 Å². The van der Waals surface area contributed by atoms with Crippen molar-refractivity contribution in [1.82, 2.24) is 14.5 Å². The number of nitrogens with one attached hydrogen (secondary N) is 1. The van der Waals surface area contributed by atoms with Crippen LogP contribution in [0.4, 0.5) is 0 Å². The Labute approximate surface area is 143 Å². The predicted octanol–water partition coefficient (Wildman–Crippen LogP) is 0.659. The van der Waals surface area contributed by atoms with Crippen molar-refractivity contribution in [1.29, 1.82) is 0 Å². The number of amides is 1. The predicted molar refractivity (Wildman–Crippen MR) is 92.8 cm³/mol. The standard InChI is InChI=1S/C17H25N3O3S/c1-24(22,23)20-12-15(13-20)17(21)18-16-7-9-19(10-8-16)11-14-5-3-2-4-6-14/h2-6,15-16H,7-13H2,1H3,(H,18,21). The molecule has 6 nitrogen and oxygen atoms in total. The average molecular weight is 351 g/mol. The van der Waals surface area contributed by atoms with Crippen LogP contribution < -0.4 is 5.32 Å². The van der Waals surface area contributed by atoms with Crippen LogP contribution >= 0.6 is 0 Å². The lowest BCUT2D eigenvalue weighted by Gasteiger charge is -2.38. The number of hydrogen-bond donors (Lipinski definition) is 1. The summed E-state index contributed by atoms with van der Waals surface area (Å²) in [5.41, 5.74) is 1.32. The minimum Gasteiger partial charge on any atom is -0.353 e. The van der Waals surface area contributed by atoms with Crippen LogP contribution in [-0.2, 0) is 21.4 Å². The Kier molecular flexibility index (Phi) is 5.22. The number of carbonyl (C=O) groups is 1. The summed E-state index contributed by atoms with van der Waals surface area (Å²) in [5.74, 6) is -0.196. The summed E-state index contributed by atoms with van der Waals surface area (Å²) in [7, 11) is -3.16. The molecule has 0 saturated carbocycles. The summed E-state index contributed by atoms with van der Waals surface area (Å²) in [6.45, 7) is 3.53. The topological polar surface area (TPSA) is 69.7 Å². The molecular formula is C17H25N3O3S. The molecule has 2 aliphatic heterocycles. The molecule has 2 fully saturated rings. The maximum atomic E-state index is 12.2. The summed E-state index contributed by atoms with van der Waals surface area (Å²) < 4.78 is 24.0. The third-order valence-electron chi connectivity index (χ3n) is 4.87. The van der Waals surface area contributed by atoms with Gasteiger partial charge in [-0.3, -0.25) is 9.69 Å². The van der Waals surface area contributed by atoms with Gasteiger partial charge in [0.1, 0.15) is 0 Å². The maximum absolute atomic E-state index is 12.2. The van der Waals surface area contributed by atoms with Crippen LogP contribution in [0.25, 0.3) is 0 Å². The highest BCUT2D eigenvalue weighted by Crippen LogP contribution is 2.20. The molecule has 0 radical (unpaired) electrons. The summed E-state index contributed by atoms with van der Waals surface area (Å²) in [5, 5.41) is 3.09. The molecule has 0 unspecified atom stereocenters. The van der Waals surface area contributed by atoms with E-state index in [-0.39, 0.29) is 17.9 Å². The maximum Gasteiger partial charge on any atom is 0.226 e. The molecule has 1 amide bonds. The molecule has 2 aliphatic rings. The SMILES string of the molecule is CS(=O)(=O)N1CC(C(=O)NC2CCN(Cc3ccccc3)CC2)C1. The summed E-state index contributed by atoms with van der Waals surface area (Å²) in [4.78, 5) is 14.6. The summed E-state index contributed by atoms with van der Waals surface area (Å²) in [6, 6.07) is 10.6. The first-order valence-electron chi connectivity index (χ1n) is 8.43. The van der Waals surface area contributed by atoms with Crippen molar-refractivity contribution < 1.29 is 13.2 Å². The monoisotopic (exact) mass is 351 g/mol. The van der Waals surface area contributed by atoms with Crippen LogP contribution in [0.2, 0.25) is 0 Å². The molecule has 24 heavy (non-hydrogen) atoms. The van der Waals surface area contributed by atoms with Crippen molar-refractivity contribution >= 4 is 15.9 Å². The van der Waals surface area contributed by atoms with E-state index in [0.717, 1.165) is 32.5 Å². The third kappa shape index (κ3) is 4.34. The highest BCUT2D eigenvalue weighted by Gasteiger charge is 2.38. The highest BCUT2D eigenvalue weighted by atomic mass is 32.2. The van der Waals surface area contributed by atoms with Crippen LogP contribution in [0.1, 0.15) is 18.4 Å². The van der Waals surface area contributed by atoms with E-state index in [4.69, 9.17) is 0 Å². The first kappa shape index (κ1) is 17.4. The van der Waals surface area contributed by atoms with Crippen molar-refractivity contribution in [3.8, 4) is 0 Å². The van der Waals surface area contributed by atoms with Gasteiger partial charge in [-0.1, -0.05) is 30.3 Å². The van der Waals surface area contributed by atoms with Gasteiger partial charge in [0.05, 0.1) is 12.2 Å². The summed E-state index contributed by atoms with van der Waals surface area (Å²) in [6.07, 6.45) is 3.08. The third-order valence-corrected chi connectivity index (χ3v) is 6.11. The minimum absolute atomic E-state index is 0.00332. The van der Waals surface area contributed by atoms with Gasteiger partial charge < -0.3 is 5.32 Å². The molecule has 3 rings (SSSR count). The molecule has 7 heteroatoms. The first-order valence-corrected chi connectivity index (χ1v) is 10.3. The van der Waals surface area contributed by atoms with Gasteiger partial charge in [-0.25, -0.2) is 12.7 Å². The van der Waals surface area contributed by atoms with E-state index in [9.17, 15) is 13.2 Å². The Morgan fingerprint density at radius 2 is 1.79 bits per heavy atom. The van der Waals surface area contributed by atoms with Gasteiger partial charge in [0.2, 0.25) is 15.9 Å². The molecule has 0 bridgehead atoms. The number of nitrogens with zero attached hydrogens (tertiary/aromatic N) is 2. The first-order chi connectivity index (χ1) is 11.4. The van der Waals surface area contributed by atoms with Crippen molar-refractivity contribution in [2.75, 3.05) is 32.4 Å². The van der Waals surface area contributed by atoms with E-state index in [1.54, 1.807) is 0 Å². The Bertz CT molecular complexity index is 664. The molecule has 0 atom stereocenters. The number of sulfonamides is 1. The second kappa shape index (κ2) is 7.21. The Balaban J connectivity index is 1.39. The molecule has 1 N–H and O–H groups in total. The molecule has 0 aromatic heterocycles. The van der Waals surface area contributed by atoms with Crippen LogP contribution in [-0.4, -0.2) is 62.0 Å². The molecule has 132 valence electrons. The lowest BCUT2D eigenvalue weighted by Crippen LogP contribution is -2.57. The van der Waals surface area contributed by atoms with E-state index < -0.39 is 10.0 Å². The van der Waals surface area contributed by atoms with Gasteiger partial charge >= 0.3 is 0 Å². The number of piperidine rings is 1. The highest BCUT2D eigenvalue weighted by molar-refractivity contribution is 7.88. The quantitative estimate of drug-likeness (QED) is 0.846. The molecular weight excluding hydrogens is 326 g/mol. The van der Waals surface area contributed by atoms with Crippen LogP contribution in [0.15, 0.2) is 30.3 Å². The van der Waals surface area contributed by atoms with Gasteiger partial charge in [0.25, 0.3) is 0 Å². The largest absolute Gasteiger partial charge is 0.353 e. The van der Waals surface area contributed by atoms with E-state index in [1.165, 1.54) is 16.1 Å². The fourth-order valence-electron chi connectivity index (χ4n) is 3.27. The Hall–Kier alpha value is -1.44. The fourth-order valence-corrected chi connectivity index (χ4v) is 4.17. The Morgan fingerprint density at radius 3 is 2.38 bits per heavy atom. The zero-order valence-electron chi connectivity index (χ0n) is 14.0. The number of carbonyl (C=O) groups excluding carboxylic acids is 1. The normalized spacial score (nSPS) is 21.4. The van der Waals surface area contributed by atoms with E-state index in [0.29, 0.717) is 13.1 Å². The molecule has 0 spiro atoms. The smallest absolute Gasteiger partial charge is 0.226 e. The van der Waals surface area contributed by atoms with Gasteiger partial charge in [-0.15, -0.1) is 0 Å².